The maximum Gasteiger partial charge on any atom is 0.115 e. The van der Waals surface area contributed by atoms with Crippen molar-refractivity contribution in [3.63, 3.8) is 0 Å². The normalized spacial score (nSPS) is 36.4. The van der Waals surface area contributed by atoms with Gasteiger partial charge in [0.05, 0.1) is 12.2 Å². The van der Waals surface area contributed by atoms with Crippen molar-refractivity contribution in [3.05, 3.63) is 29.3 Å². The van der Waals surface area contributed by atoms with Gasteiger partial charge in [-0.05, 0) is 61.8 Å². The monoisotopic (exact) mass is 259 g/mol. The van der Waals surface area contributed by atoms with Crippen molar-refractivity contribution in [2.45, 2.75) is 62.8 Å². The Morgan fingerprint density at radius 2 is 2.16 bits per heavy atom. The molecule has 3 aliphatic rings. The van der Waals surface area contributed by atoms with Crippen LogP contribution in [-0.4, -0.2) is 23.4 Å². The fourth-order valence-electron chi connectivity index (χ4n) is 4.05. The lowest BCUT2D eigenvalue weighted by Gasteiger charge is -2.31. The summed E-state index contributed by atoms with van der Waals surface area (Å²) >= 11 is 0. The van der Waals surface area contributed by atoms with Crippen molar-refractivity contribution in [1.82, 2.24) is 5.32 Å². The Morgan fingerprint density at radius 3 is 2.95 bits per heavy atom. The van der Waals surface area contributed by atoms with Gasteiger partial charge in [0, 0.05) is 12.1 Å². The van der Waals surface area contributed by atoms with Crippen molar-refractivity contribution in [3.8, 4) is 5.75 Å². The zero-order valence-electron chi connectivity index (χ0n) is 11.1. The Morgan fingerprint density at radius 1 is 1.21 bits per heavy atom. The molecule has 0 saturated carbocycles. The minimum Gasteiger partial charge on any atom is -0.508 e. The van der Waals surface area contributed by atoms with Gasteiger partial charge in [0.25, 0.3) is 0 Å². The molecule has 0 spiro atoms. The molecule has 4 rings (SSSR count). The van der Waals surface area contributed by atoms with Gasteiger partial charge < -0.3 is 15.2 Å². The van der Waals surface area contributed by atoms with Crippen LogP contribution < -0.4 is 5.32 Å². The zero-order chi connectivity index (χ0) is 12.8. The van der Waals surface area contributed by atoms with Gasteiger partial charge in [-0.1, -0.05) is 6.07 Å². The maximum atomic E-state index is 9.60. The fourth-order valence-corrected chi connectivity index (χ4v) is 4.05. The van der Waals surface area contributed by atoms with Crippen molar-refractivity contribution in [2.24, 2.45) is 0 Å². The molecule has 2 saturated heterocycles. The molecule has 3 nitrogen and oxygen atoms in total. The van der Waals surface area contributed by atoms with E-state index in [1.807, 2.05) is 12.1 Å². The Kier molecular flexibility index (Phi) is 2.78. The predicted octanol–water partition coefficient (Wildman–Crippen LogP) is 2.68. The fraction of sp³-hybridized carbons (Fsp3) is 0.625. The van der Waals surface area contributed by atoms with Crippen LogP contribution in [0.3, 0.4) is 0 Å². The lowest BCUT2D eigenvalue weighted by molar-refractivity contribution is 0.0956. The number of benzene rings is 1. The van der Waals surface area contributed by atoms with E-state index in [0.29, 0.717) is 30.0 Å². The number of phenolic OH excluding ortho intramolecular Hbond substituents is 1. The van der Waals surface area contributed by atoms with Crippen molar-refractivity contribution in [1.29, 1.82) is 0 Å². The highest BCUT2D eigenvalue weighted by Gasteiger charge is 2.41. The first kappa shape index (κ1) is 11.7. The van der Waals surface area contributed by atoms with E-state index in [1.165, 1.54) is 43.2 Å². The van der Waals surface area contributed by atoms with Crippen LogP contribution in [0.4, 0.5) is 0 Å². The summed E-state index contributed by atoms with van der Waals surface area (Å²) in [5.41, 5.74) is 2.69. The third-order valence-corrected chi connectivity index (χ3v) is 4.96. The molecule has 2 fully saturated rings. The summed E-state index contributed by atoms with van der Waals surface area (Å²) in [5, 5.41) is 13.4. The molecule has 0 aromatic heterocycles. The topological polar surface area (TPSA) is 41.5 Å². The average Bonchev–Trinajstić information content (AvgIpc) is 3.01. The van der Waals surface area contributed by atoms with Crippen LogP contribution in [0.1, 0.15) is 49.3 Å². The first-order chi connectivity index (χ1) is 9.29. The molecule has 1 aromatic rings. The van der Waals surface area contributed by atoms with E-state index < -0.39 is 0 Å². The first-order valence-corrected chi connectivity index (χ1v) is 7.53. The van der Waals surface area contributed by atoms with Crippen LogP contribution >= 0.6 is 0 Å². The Bertz CT molecular complexity index is 488. The van der Waals surface area contributed by atoms with Crippen LogP contribution in [0.25, 0.3) is 0 Å². The van der Waals surface area contributed by atoms with Crippen LogP contribution in [0.15, 0.2) is 18.2 Å². The van der Waals surface area contributed by atoms with Crippen LogP contribution in [0.5, 0.6) is 5.75 Å². The summed E-state index contributed by atoms with van der Waals surface area (Å²) in [5.74, 6) is 0.391. The molecular formula is C16H21NO2. The van der Waals surface area contributed by atoms with Gasteiger partial charge in [-0.2, -0.15) is 0 Å². The van der Waals surface area contributed by atoms with Gasteiger partial charge >= 0.3 is 0 Å². The number of rotatable bonds is 2. The van der Waals surface area contributed by atoms with Gasteiger partial charge in [0.15, 0.2) is 0 Å². The molecule has 0 radical (unpaired) electrons. The van der Waals surface area contributed by atoms with E-state index >= 15 is 0 Å². The molecule has 2 N–H and O–H groups in total. The van der Waals surface area contributed by atoms with Crippen LogP contribution in [-0.2, 0) is 11.2 Å². The number of ether oxygens (including phenoxy) is 1. The van der Waals surface area contributed by atoms with E-state index in [0.717, 1.165) is 6.42 Å². The summed E-state index contributed by atoms with van der Waals surface area (Å²) in [7, 11) is 0. The molecule has 4 unspecified atom stereocenters. The van der Waals surface area contributed by atoms with Gasteiger partial charge in [-0.25, -0.2) is 0 Å². The Hall–Kier alpha value is -1.06. The summed E-state index contributed by atoms with van der Waals surface area (Å²) in [4.78, 5) is 0. The van der Waals surface area contributed by atoms with E-state index in [2.05, 4.69) is 11.4 Å². The van der Waals surface area contributed by atoms with Gasteiger partial charge in [0.1, 0.15) is 5.75 Å². The highest BCUT2D eigenvalue weighted by molar-refractivity contribution is 5.38. The molecule has 3 heteroatoms. The quantitative estimate of drug-likeness (QED) is 0.858. The standard InChI is InChI=1S/C16H21NO2/c18-11-4-6-13-10(8-11)2-1-3-14(13)17-15-9-12-5-7-16(15)19-12/h4,6,8,12,14-18H,1-3,5,7,9H2. The second-order valence-corrected chi connectivity index (χ2v) is 6.21. The molecular weight excluding hydrogens is 238 g/mol. The van der Waals surface area contributed by atoms with Crippen LogP contribution in [0.2, 0.25) is 0 Å². The van der Waals surface area contributed by atoms with Crippen LogP contribution in [0, 0.1) is 0 Å². The van der Waals surface area contributed by atoms with E-state index in [4.69, 9.17) is 4.74 Å². The van der Waals surface area contributed by atoms with Gasteiger partial charge in [-0.15, -0.1) is 0 Å². The zero-order valence-corrected chi connectivity index (χ0v) is 11.1. The number of aryl methyl sites for hydroxylation is 1. The summed E-state index contributed by atoms with van der Waals surface area (Å²) in [6, 6.07) is 6.81. The molecule has 2 aliphatic heterocycles. The minimum absolute atomic E-state index is 0.391. The molecule has 1 aromatic carbocycles. The lowest BCUT2D eigenvalue weighted by atomic mass is 9.86. The number of fused-ring (bicyclic) bond motifs is 3. The van der Waals surface area contributed by atoms with E-state index in [-0.39, 0.29) is 0 Å². The molecule has 102 valence electrons. The second kappa shape index (κ2) is 4.50. The summed E-state index contributed by atoms with van der Waals surface area (Å²) < 4.78 is 5.93. The summed E-state index contributed by atoms with van der Waals surface area (Å²) in [6.45, 7) is 0. The molecule has 2 bridgehead atoms. The highest BCUT2D eigenvalue weighted by Crippen LogP contribution is 2.38. The number of nitrogens with one attached hydrogen (secondary N) is 1. The van der Waals surface area contributed by atoms with Crippen molar-refractivity contribution >= 4 is 0 Å². The number of phenols is 1. The molecule has 4 atom stereocenters. The van der Waals surface area contributed by atoms with E-state index in [9.17, 15) is 5.11 Å². The number of hydrogen-bond acceptors (Lipinski definition) is 3. The van der Waals surface area contributed by atoms with Gasteiger partial charge in [-0.3, -0.25) is 0 Å². The molecule has 2 heterocycles. The average molecular weight is 259 g/mol. The Labute approximate surface area is 114 Å². The Balaban J connectivity index is 1.54. The maximum absolute atomic E-state index is 9.60. The largest absolute Gasteiger partial charge is 0.508 e. The van der Waals surface area contributed by atoms with Crippen molar-refractivity contribution in [2.75, 3.05) is 0 Å². The first-order valence-electron chi connectivity index (χ1n) is 7.53. The lowest BCUT2D eigenvalue weighted by Crippen LogP contribution is -2.40. The third-order valence-electron chi connectivity index (χ3n) is 4.96. The molecule has 0 amide bonds. The number of hydrogen-bond donors (Lipinski definition) is 2. The van der Waals surface area contributed by atoms with Crippen molar-refractivity contribution < 1.29 is 9.84 Å². The molecule has 19 heavy (non-hydrogen) atoms. The SMILES string of the molecule is Oc1ccc2c(c1)CCCC2NC1CC2CCC1O2. The minimum atomic E-state index is 0.391. The predicted molar refractivity (Wildman–Crippen MR) is 73.2 cm³/mol. The number of aromatic hydroxyl groups is 1. The second-order valence-electron chi connectivity index (χ2n) is 6.21. The van der Waals surface area contributed by atoms with E-state index in [1.54, 1.807) is 0 Å². The smallest absolute Gasteiger partial charge is 0.115 e. The van der Waals surface area contributed by atoms with Gasteiger partial charge in [0.2, 0.25) is 0 Å². The molecule has 1 aliphatic carbocycles. The third kappa shape index (κ3) is 2.05. The summed E-state index contributed by atoms with van der Waals surface area (Å²) in [6.07, 6.45) is 8.08. The highest BCUT2D eigenvalue weighted by atomic mass is 16.5.